The molecule has 4 nitrogen and oxygen atoms in total. The highest BCUT2D eigenvalue weighted by atomic mass is 16.5. The molecule has 0 fully saturated rings. The average molecular weight is 460 g/mol. The van der Waals surface area contributed by atoms with Gasteiger partial charge in [-0.1, -0.05) is 63.6 Å². The van der Waals surface area contributed by atoms with Crippen LogP contribution < -0.4 is 14.8 Å². The maximum Gasteiger partial charge on any atom is 0.255 e. The first-order valence-corrected chi connectivity index (χ1v) is 12.2. The maximum atomic E-state index is 13.0. The molecule has 0 bridgehead atoms. The number of amides is 1. The van der Waals surface area contributed by atoms with E-state index < -0.39 is 0 Å². The Morgan fingerprint density at radius 2 is 1.21 bits per heavy atom. The van der Waals surface area contributed by atoms with Crippen LogP contribution >= 0.6 is 0 Å². The summed E-state index contributed by atoms with van der Waals surface area (Å²) in [6, 6.07) is 21.7. The second-order valence-electron chi connectivity index (χ2n) is 9.32. The Morgan fingerprint density at radius 3 is 1.68 bits per heavy atom. The molecule has 0 aliphatic heterocycles. The second-order valence-corrected chi connectivity index (χ2v) is 9.32. The van der Waals surface area contributed by atoms with Gasteiger partial charge in [-0.25, -0.2) is 0 Å². The number of benzene rings is 3. The van der Waals surface area contributed by atoms with Crippen molar-refractivity contribution in [2.75, 3.05) is 18.5 Å². The zero-order valence-electron chi connectivity index (χ0n) is 21.1. The monoisotopic (exact) mass is 459 g/mol. The first-order chi connectivity index (χ1) is 16.3. The molecule has 0 saturated carbocycles. The number of hydrogen-bond acceptors (Lipinski definition) is 3. The van der Waals surface area contributed by atoms with Crippen molar-refractivity contribution in [1.29, 1.82) is 0 Å². The fourth-order valence-corrected chi connectivity index (χ4v) is 3.80. The number of aryl methyl sites for hydroxylation is 1. The number of carbonyl (C=O) groups is 1. The van der Waals surface area contributed by atoms with Gasteiger partial charge in [-0.05, 0) is 79.1 Å². The fourth-order valence-electron chi connectivity index (χ4n) is 3.80. The molecule has 0 aliphatic carbocycles. The predicted molar refractivity (Wildman–Crippen MR) is 140 cm³/mol. The Labute approximate surface area is 204 Å². The third-order valence-electron chi connectivity index (χ3n) is 5.83. The molecule has 1 amide bonds. The highest BCUT2D eigenvalue weighted by Crippen LogP contribution is 2.32. The molecule has 0 saturated heterocycles. The van der Waals surface area contributed by atoms with Crippen molar-refractivity contribution < 1.29 is 14.3 Å². The second kappa shape index (κ2) is 12.3. The van der Waals surface area contributed by atoms with E-state index in [1.807, 2.05) is 36.4 Å². The summed E-state index contributed by atoms with van der Waals surface area (Å²) in [5, 5.41) is 3.17. The number of unbranched alkanes of at least 4 members (excludes halogenated alkanes) is 1. The molecule has 0 radical (unpaired) electrons. The molecular formula is C30H37NO3. The molecule has 3 aromatic carbocycles. The standard InChI is InChI=1S/C30H37NO3/c1-21(2)27-9-8-10-28(22(3)4)29(27)31-30(32)24-13-17-26(18-14-24)34-20-7-6-19-33-25-15-11-23(5)12-16-25/h8-18,21-22H,6-7,19-20H2,1-5H3,(H,31,32). The van der Waals surface area contributed by atoms with Crippen LogP contribution in [0.5, 0.6) is 11.5 Å². The quantitative estimate of drug-likeness (QED) is 0.298. The van der Waals surface area contributed by atoms with Gasteiger partial charge in [0, 0.05) is 11.3 Å². The predicted octanol–water partition coefficient (Wildman–Crippen LogP) is 7.73. The average Bonchev–Trinajstić information content (AvgIpc) is 2.82. The molecule has 0 heterocycles. The van der Waals surface area contributed by atoms with E-state index in [1.165, 1.54) is 5.56 Å². The van der Waals surface area contributed by atoms with Crippen LogP contribution in [0.1, 0.15) is 79.4 Å². The lowest BCUT2D eigenvalue weighted by Crippen LogP contribution is -2.16. The summed E-state index contributed by atoms with van der Waals surface area (Å²) in [7, 11) is 0. The normalized spacial score (nSPS) is 11.0. The summed E-state index contributed by atoms with van der Waals surface area (Å²) >= 11 is 0. The Balaban J connectivity index is 1.49. The van der Waals surface area contributed by atoms with Crippen LogP contribution in [-0.4, -0.2) is 19.1 Å². The molecular weight excluding hydrogens is 422 g/mol. The lowest BCUT2D eigenvalue weighted by molar-refractivity contribution is 0.102. The van der Waals surface area contributed by atoms with Gasteiger partial charge in [0.2, 0.25) is 0 Å². The summed E-state index contributed by atoms with van der Waals surface area (Å²) in [4.78, 5) is 13.0. The van der Waals surface area contributed by atoms with E-state index in [2.05, 4.69) is 70.3 Å². The third-order valence-corrected chi connectivity index (χ3v) is 5.83. The van der Waals surface area contributed by atoms with Gasteiger partial charge < -0.3 is 14.8 Å². The molecule has 0 unspecified atom stereocenters. The number of nitrogens with one attached hydrogen (secondary N) is 1. The van der Waals surface area contributed by atoms with Crippen molar-refractivity contribution in [2.24, 2.45) is 0 Å². The molecule has 0 atom stereocenters. The van der Waals surface area contributed by atoms with Crippen LogP contribution in [0.15, 0.2) is 66.7 Å². The first-order valence-electron chi connectivity index (χ1n) is 12.2. The van der Waals surface area contributed by atoms with Crippen LogP contribution in [0, 0.1) is 6.92 Å². The van der Waals surface area contributed by atoms with E-state index in [1.54, 1.807) is 0 Å². The van der Waals surface area contributed by atoms with Crippen molar-refractivity contribution in [3.05, 3.63) is 89.0 Å². The molecule has 0 spiro atoms. The Hall–Kier alpha value is -3.27. The number of anilines is 1. The van der Waals surface area contributed by atoms with E-state index in [-0.39, 0.29) is 5.91 Å². The SMILES string of the molecule is Cc1ccc(OCCCCOc2ccc(C(=O)Nc3c(C(C)C)cccc3C(C)C)cc2)cc1. The van der Waals surface area contributed by atoms with Crippen molar-refractivity contribution >= 4 is 11.6 Å². The van der Waals surface area contributed by atoms with Crippen LogP contribution in [-0.2, 0) is 0 Å². The van der Waals surface area contributed by atoms with E-state index in [0.29, 0.717) is 30.6 Å². The van der Waals surface area contributed by atoms with Gasteiger partial charge in [0.25, 0.3) is 5.91 Å². The molecule has 180 valence electrons. The van der Waals surface area contributed by atoms with E-state index in [0.717, 1.165) is 41.2 Å². The fraction of sp³-hybridized carbons (Fsp3) is 0.367. The third kappa shape index (κ3) is 7.11. The van der Waals surface area contributed by atoms with Crippen molar-refractivity contribution in [2.45, 2.75) is 59.3 Å². The Bertz CT molecular complexity index is 1030. The maximum absolute atomic E-state index is 13.0. The molecule has 4 heteroatoms. The van der Waals surface area contributed by atoms with Gasteiger partial charge in [-0.2, -0.15) is 0 Å². The molecule has 0 aromatic heterocycles. The van der Waals surface area contributed by atoms with Gasteiger partial charge in [-0.15, -0.1) is 0 Å². The zero-order chi connectivity index (χ0) is 24.5. The van der Waals surface area contributed by atoms with Crippen LogP contribution in [0.4, 0.5) is 5.69 Å². The summed E-state index contributed by atoms with van der Waals surface area (Å²) in [5.74, 6) is 2.22. The number of rotatable bonds is 11. The molecule has 0 aliphatic rings. The Kier molecular flexibility index (Phi) is 9.15. The van der Waals surface area contributed by atoms with Crippen molar-refractivity contribution in [3.8, 4) is 11.5 Å². The van der Waals surface area contributed by atoms with E-state index >= 15 is 0 Å². The van der Waals surface area contributed by atoms with Gasteiger partial charge in [0.1, 0.15) is 11.5 Å². The number of hydrogen-bond donors (Lipinski definition) is 1. The van der Waals surface area contributed by atoms with Crippen LogP contribution in [0.3, 0.4) is 0 Å². The summed E-state index contributed by atoms with van der Waals surface area (Å²) < 4.78 is 11.6. The first kappa shape index (κ1) is 25.4. The zero-order valence-corrected chi connectivity index (χ0v) is 21.1. The lowest BCUT2D eigenvalue weighted by atomic mass is 9.92. The highest BCUT2D eigenvalue weighted by molar-refractivity contribution is 6.05. The lowest BCUT2D eigenvalue weighted by Gasteiger charge is -2.20. The number of ether oxygens (including phenoxy) is 2. The van der Waals surface area contributed by atoms with Crippen molar-refractivity contribution in [3.63, 3.8) is 0 Å². The van der Waals surface area contributed by atoms with Gasteiger partial charge >= 0.3 is 0 Å². The minimum Gasteiger partial charge on any atom is -0.494 e. The molecule has 3 rings (SSSR count). The summed E-state index contributed by atoms with van der Waals surface area (Å²) in [5.41, 5.74) is 5.10. The molecule has 3 aromatic rings. The van der Waals surface area contributed by atoms with E-state index in [4.69, 9.17) is 9.47 Å². The molecule has 34 heavy (non-hydrogen) atoms. The molecule has 1 N–H and O–H groups in total. The summed E-state index contributed by atoms with van der Waals surface area (Å²) in [6.45, 7) is 11.9. The largest absolute Gasteiger partial charge is 0.494 e. The van der Waals surface area contributed by atoms with Gasteiger partial charge in [-0.3, -0.25) is 4.79 Å². The van der Waals surface area contributed by atoms with Crippen LogP contribution in [0.25, 0.3) is 0 Å². The smallest absolute Gasteiger partial charge is 0.255 e. The minimum atomic E-state index is -0.102. The minimum absolute atomic E-state index is 0.102. The number of para-hydroxylation sites is 1. The summed E-state index contributed by atoms with van der Waals surface area (Å²) in [6.07, 6.45) is 1.82. The van der Waals surface area contributed by atoms with Gasteiger partial charge in [0.15, 0.2) is 0 Å². The van der Waals surface area contributed by atoms with E-state index in [9.17, 15) is 4.79 Å². The Morgan fingerprint density at radius 1 is 0.735 bits per heavy atom. The van der Waals surface area contributed by atoms with Crippen molar-refractivity contribution in [1.82, 2.24) is 0 Å². The topological polar surface area (TPSA) is 47.6 Å². The van der Waals surface area contributed by atoms with Crippen LogP contribution in [0.2, 0.25) is 0 Å². The highest BCUT2D eigenvalue weighted by Gasteiger charge is 2.16. The number of carbonyl (C=O) groups excluding carboxylic acids is 1. The van der Waals surface area contributed by atoms with Gasteiger partial charge in [0.05, 0.1) is 13.2 Å².